The molecule has 5 aromatic rings. The zero-order valence-electron chi connectivity index (χ0n) is 31.4. The average Bonchev–Trinajstić information content (AvgIpc) is 3.17. The minimum absolute atomic E-state index is 0.0230. The molecule has 0 saturated carbocycles. The summed E-state index contributed by atoms with van der Waals surface area (Å²) in [7, 11) is 0. The highest BCUT2D eigenvalue weighted by atomic mass is 35.5. The molecule has 1 fully saturated rings. The van der Waals surface area contributed by atoms with Crippen LogP contribution in [0.5, 0.6) is 23.1 Å². The van der Waals surface area contributed by atoms with Crippen molar-refractivity contribution in [2.75, 3.05) is 32.8 Å². The third-order valence-corrected chi connectivity index (χ3v) is 9.83. The van der Waals surface area contributed by atoms with Crippen LogP contribution in [-0.2, 0) is 24.4 Å². The van der Waals surface area contributed by atoms with Crippen molar-refractivity contribution in [1.82, 2.24) is 14.8 Å². The molecule has 4 aromatic carbocycles. The Hall–Kier alpha value is -5.18. The van der Waals surface area contributed by atoms with Gasteiger partial charge in [-0.2, -0.15) is 0 Å². The number of aryl methyl sites for hydroxylation is 2. The Morgan fingerprint density at radius 3 is 2.20 bits per heavy atom. The largest absolute Gasteiger partial charge is 0.493 e. The Morgan fingerprint density at radius 1 is 0.833 bits per heavy atom. The van der Waals surface area contributed by atoms with E-state index in [4.69, 9.17) is 25.8 Å². The van der Waals surface area contributed by atoms with E-state index in [1.807, 2.05) is 36.1 Å². The molecule has 0 unspecified atom stereocenters. The average molecular weight is 748 g/mol. The lowest BCUT2D eigenvalue weighted by molar-refractivity contribution is -0.127. The predicted molar refractivity (Wildman–Crippen MR) is 213 cm³/mol. The number of carbonyl (C=O) groups excluding carboxylic acids is 1. The fourth-order valence-corrected chi connectivity index (χ4v) is 6.51. The Bertz CT molecular complexity index is 2020. The van der Waals surface area contributed by atoms with E-state index < -0.39 is 0 Å². The summed E-state index contributed by atoms with van der Waals surface area (Å²) < 4.78 is 31.5. The molecule has 0 aliphatic carbocycles. The number of ether oxygens (including phenoxy) is 3. The van der Waals surface area contributed by atoms with Crippen molar-refractivity contribution < 1.29 is 23.4 Å². The van der Waals surface area contributed by atoms with Crippen molar-refractivity contribution in [3.63, 3.8) is 0 Å². The fraction of sp³-hybridized carbons (Fsp3) is 0.289. The van der Waals surface area contributed by atoms with Gasteiger partial charge in [0.25, 0.3) is 0 Å². The van der Waals surface area contributed by atoms with E-state index in [9.17, 15) is 9.18 Å². The lowest BCUT2D eigenvalue weighted by atomic mass is 10.0. The van der Waals surface area contributed by atoms with Crippen molar-refractivity contribution in [2.45, 2.75) is 53.2 Å². The molecule has 6 rings (SSSR count). The topological polar surface area (TPSA) is 64.1 Å². The number of hydrogen-bond acceptors (Lipinski definition) is 6. The standard InChI is InChI=1S/C45H47ClFN3O4/c1-31(2)38-12-14-39(15-13-38)52-24-19-34-7-9-35(10-8-34)29-49-20-22-50(23-21-49)44(51)18-11-36-25-33(4)45(41(46)26-36)54-43-17-16-40(28-48-43)53-30-37-6-5-32(3)42(47)27-37/h5-18,25-28,31H,19-24,29-30H2,1-4H3. The van der Waals surface area contributed by atoms with Gasteiger partial charge in [0.1, 0.15) is 23.9 Å². The normalized spacial score (nSPS) is 13.4. The van der Waals surface area contributed by atoms with Gasteiger partial charge in [-0.05, 0) is 101 Å². The van der Waals surface area contributed by atoms with Crippen LogP contribution in [0.25, 0.3) is 6.08 Å². The first-order valence-electron chi connectivity index (χ1n) is 18.4. The molecule has 1 saturated heterocycles. The molecular weight excluding hydrogens is 701 g/mol. The molecule has 1 aromatic heterocycles. The molecular formula is C45H47ClFN3O4. The second-order valence-electron chi connectivity index (χ2n) is 14.0. The summed E-state index contributed by atoms with van der Waals surface area (Å²) in [6.07, 6.45) is 5.80. The van der Waals surface area contributed by atoms with Crippen molar-refractivity contribution in [1.29, 1.82) is 0 Å². The molecule has 280 valence electrons. The third-order valence-electron chi connectivity index (χ3n) is 9.55. The van der Waals surface area contributed by atoms with E-state index in [1.165, 1.54) is 22.8 Å². The van der Waals surface area contributed by atoms with E-state index in [-0.39, 0.29) is 18.3 Å². The SMILES string of the molecule is Cc1ccc(COc2ccc(Oc3c(C)cc(C=CC(=O)N4CCN(Cc5ccc(CCOc6ccc(C(C)C)cc6)cc5)CC4)cc3Cl)nc2)cc1F. The Balaban J connectivity index is 0.924. The first-order chi connectivity index (χ1) is 26.1. The summed E-state index contributed by atoms with van der Waals surface area (Å²) in [5.74, 6) is 2.51. The molecule has 0 spiro atoms. The van der Waals surface area contributed by atoms with Crippen LogP contribution in [0.3, 0.4) is 0 Å². The van der Waals surface area contributed by atoms with E-state index in [0.29, 0.717) is 53.6 Å². The monoisotopic (exact) mass is 747 g/mol. The molecule has 1 aliphatic rings. The molecule has 2 heterocycles. The van der Waals surface area contributed by atoms with Crippen molar-refractivity contribution in [2.24, 2.45) is 0 Å². The van der Waals surface area contributed by atoms with Gasteiger partial charge in [-0.15, -0.1) is 0 Å². The summed E-state index contributed by atoms with van der Waals surface area (Å²) in [4.78, 5) is 21.7. The maximum Gasteiger partial charge on any atom is 0.246 e. The van der Waals surface area contributed by atoms with Crippen LogP contribution in [0.1, 0.15) is 58.7 Å². The van der Waals surface area contributed by atoms with Gasteiger partial charge in [0.2, 0.25) is 11.8 Å². The number of rotatable bonds is 14. The number of halogens is 2. The van der Waals surface area contributed by atoms with E-state index in [0.717, 1.165) is 48.5 Å². The first kappa shape index (κ1) is 38.5. The minimum atomic E-state index is -0.261. The molecule has 1 amide bonds. The number of hydrogen-bond donors (Lipinski definition) is 0. The minimum Gasteiger partial charge on any atom is -0.493 e. The molecule has 0 N–H and O–H groups in total. The number of carbonyl (C=O) groups is 1. The zero-order chi connectivity index (χ0) is 38.0. The number of benzene rings is 4. The van der Waals surface area contributed by atoms with Crippen LogP contribution in [-0.4, -0.2) is 53.5 Å². The van der Waals surface area contributed by atoms with Gasteiger partial charge in [-0.1, -0.05) is 74.0 Å². The van der Waals surface area contributed by atoms with Crippen molar-refractivity contribution in [3.8, 4) is 23.1 Å². The van der Waals surface area contributed by atoms with Crippen LogP contribution >= 0.6 is 11.6 Å². The van der Waals surface area contributed by atoms with E-state index in [2.05, 4.69) is 60.1 Å². The highest BCUT2D eigenvalue weighted by molar-refractivity contribution is 6.32. The smallest absolute Gasteiger partial charge is 0.246 e. The highest BCUT2D eigenvalue weighted by Gasteiger charge is 2.20. The first-order valence-corrected chi connectivity index (χ1v) is 18.8. The number of piperazine rings is 1. The Kier molecular flexibility index (Phi) is 13.0. The van der Waals surface area contributed by atoms with Gasteiger partial charge in [-0.25, -0.2) is 9.37 Å². The zero-order valence-corrected chi connectivity index (χ0v) is 32.1. The van der Waals surface area contributed by atoms with Gasteiger partial charge >= 0.3 is 0 Å². The number of nitrogens with zero attached hydrogens (tertiary/aromatic N) is 3. The summed E-state index contributed by atoms with van der Waals surface area (Å²) in [5.41, 5.74) is 6.76. The van der Waals surface area contributed by atoms with Crippen LogP contribution in [0.15, 0.2) is 103 Å². The summed E-state index contributed by atoms with van der Waals surface area (Å²) in [6, 6.07) is 29.3. The molecule has 0 radical (unpaired) electrons. The van der Waals surface area contributed by atoms with Crippen molar-refractivity contribution in [3.05, 3.63) is 153 Å². The summed E-state index contributed by atoms with van der Waals surface area (Å²) in [6.45, 7) is 12.7. The molecule has 1 aliphatic heterocycles. The predicted octanol–water partition coefficient (Wildman–Crippen LogP) is 9.96. The Labute approximate surface area is 323 Å². The van der Waals surface area contributed by atoms with Gasteiger partial charge in [0, 0.05) is 51.3 Å². The Morgan fingerprint density at radius 2 is 1.54 bits per heavy atom. The third kappa shape index (κ3) is 10.7. The van der Waals surface area contributed by atoms with Crippen LogP contribution in [0.4, 0.5) is 4.39 Å². The van der Waals surface area contributed by atoms with Crippen LogP contribution < -0.4 is 14.2 Å². The molecule has 54 heavy (non-hydrogen) atoms. The second kappa shape index (κ2) is 18.2. The maximum absolute atomic E-state index is 13.8. The highest BCUT2D eigenvalue weighted by Crippen LogP contribution is 2.34. The molecule has 0 atom stereocenters. The van der Waals surface area contributed by atoms with Gasteiger partial charge in [0.05, 0.1) is 17.8 Å². The lowest BCUT2D eigenvalue weighted by Gasteiger charge is -2.34. The molecule has 7 nitrogen and oxygen atoms in total. The summed E-state index contributed by atoms with van der Waals surface area (Å²) in [5, 5.41) is 0.410. The number of aromatic nitrogens is 1. The quantitative estimate of drug-likeness (QED) is 0.105. The van der Waals surface area contributed by atoms with Crippen LogP contribution in [0.2, 0.25) is 5.02 Å². The van der Waals surface area contributed by atoms with Crippen LogP contribution in [0, 0.1) is 19.7 Å². The number of amides is 1. The fourth-order valence-electron chi connectivity index (χ4n) is 6.20. The van der Waals surface area contributed by atoms with Gasteiger partial charge < -0.3 is 19.1 Å². The number of pyridine rings is 1. The molecule has 9 heteroatoms. The lowest BCUT2D eigenvalue weighted by Crippen LogP contribution is -2.47. The van der Waals surface area contributed by atoms with Crippen molar-refractivity contribution >= 4 is 23.6 Å². The van der Waals surface area contributed by atoms with E-state index in [1.54, 1.807) is 49.5 Å². The molecule has 0 bridgehead atoms. The summed E-state index contributed by atoms with van der Waals surface area (Å²) >= 11 is 6.62. The van der Waals surface area contributed by atoms with E-state index >= 15 is 0 Å². The van der Waals surface area contributed by atoms with Gasteiger partial charge in [-0.3, -0.25) is 9.69 Å². The second-order valence-corrected chi connectivity index (χ2v) is 14.4. The maximum atomic E-state index is 13.8. The van der Waals surface area contributed by atoms with Gasteiger partial charge in [0.15, 0.2) is 5.75 Å².